The lowest BCUT2D eigenvalue weighted by Crippen LogP contribution is -2.62. The van der Waals surface area contributed by atoms with Crippen LogP contribution in [0.5, 0.6) is 0 Å². The van der Waals surface area contributed by atoms with Gasteiger partial charge in [-0.25, -0.2) is 9.37 Å². The summed E-state index contributed by atoms with van der Waals surface area (Å²) in [6.45, 7) is 3.82. The van der Waals surface area contributed by atoms with Crippen molar-refractivity contribution in [3.05, 3.63) is 69.2 Å². The fourth-order valence-corrected chi connectivity index (χ4v) is 5.62. The number of aromatic amines is 1. The fourth-order valence-electron chi connectivity index (χ4n) is 5.09. The fraction of sp³-hybridized carbons (Fsp3) is 0.400. The summed E-state index contributed by atoms with van der Waals surface area (Å²) >= 11 is 12.5. The lowest BCUT2D eigenvalue weighted by atomic mass is 9.72. The number of halogens is 3. The topological polar surface area (TPSA) is 103 Å². The molecule has 11 heteroatoms. The van der Waals surface area contributed by atoms with E-state index in [4.69, 9.17) is 27.9 Å². The van der Waals surface area contributed by atoms with Gasteiger partial charge in [0.05, 0.1) is 29.9 Å². The number of hydrogen-bond donors (Lipinski definition) is 3. The van der Waals surface area contributed by atoms with E-state index in [1.807, 2.05) is 19.1 Å². The van der Waals surface area contributed by atoms with Crippen LogP contribution in [0.15, 0.2) is 36.4 Å². The Morgan fingerprint density at radius 3 is 2.42 bits per heavy atom. The maximum absolute atomic E-state index is 14.8. The summed E-state index contributed by atoms with van der Waals surface area (Å²) in [5.74, 6) is -0.527. The van der Waals surface area contributed by atoms with Crippen LogP contribution in [0.25, 0.3) is 0 Å². The van der Waals surface area contributed by atoms with Gasteiger partial charge in [-0.15, -0.1) is 0 Å². The summed E-state index contributed by atoms with van der Waals surface area (Å²) in [6, 6.07) is 10.1. The highest BCUT2D eigenvalue weighted by Crippen LogP contribution is 2.44. The zero-order valence-corrected chi connectivity index (χ0v) is 21.2. The molecule has 0 atom stereocenters. The number of pyridine rings is 1. The number of H-pyrrole nitrogens is 1. The van der Waals surface area contributed by atoms with Gasteiger partial charge in [0, 0.05) is 41.3 Å². The first kappa shape index (κ1) is 25.0. The van der Waals surface area contributed by atoms with Crippen molar-refractivity contribution in [2.24, 2.45) is 5.41 Å². The monoisotopic (exact) mass is 533 g/mol. The molecule has 36 heavy (non-hydrogen) atoms. The number of rotatable bonds is 7. The number of anilines is 2. The van der Waals surface area contributed by atoms with Gasteiger partial charge in [0.15, 0.2) is 5.82 Å². The zero-order valence-electron chi connectivity index (χ0n) is 19.7. The summed E-state index contributed by atoms with van der Waals surface area (Å²) in [4.78, 5) is 19.1. The van der Waals surface area contributed by atoms with Crippen LogP contribution in [0.3, 0.4) is 0 Å². The summed E-state index contributed by atoms with van der Waals surface area (Å²) in [5.41, 5.74) is 0.393. The van der Waals surface area contributed by atoms with Gasteiger partial charge in [-0.3, -0.25) is 14.8 Å². The van der Waals surface area contributed by atoms with Crippen LogP contribution in [0.1, 0.15) is 29.8 Å². The first-order valence-electron chi connectivity index (χ1n) is 11.7. The smallest absolute Gasteiger partial charge is 0.310 e. The molecule has 0 spiro atoms. The van der Waals surface area contributed by atoms with E-state index in [0.717, 1.165) is 11.3 Å². The van der Waals surface area contributed by atoms with E-state index in [0.29, 0.717) is 60.8 Å². The first-order chi connectivity index (χ1) is 17.2. The predicted octanol–water partition coefficient (Wildman–Crippen LogP) is 4.94. The molecule has 5 rings (SSSR count). The number of carboxylic acid groups (broad SMARTS) is 1. The highest BCUT2D eigenvalue weighted by molar-refractivity contribution is 6.34. The third-order valence-corrected chi connectivity index (χ3v) is 7.68. The Labute approximate surface area is 217 Å². The van der Waals surface area contributed by atoms with Gasteiger partial charge in [0.1, 0.15) is 11.6 Å². The third kappa shape index (κ3) is 4.68. The quantitative estimate of drug-likeness (QED) is 0.395. The van der Waals surface area contributed by atoms with E-state index in [1.54, 1.807) is 12.1 Å². The van der Waals surface area contributed by atoms with Crippen molar-refractivity contribution in [2.75, 3.05) is 31.6 Å². The second kappa shape index (κ2) is 9.63. The molecule has 8 nitrogen and oxygen atoms in total. The molecule has 2 aliphatic rings. The van der Waals surface area contributed by atoms with E-state index < -0.39 is 22.7 Å². The van der Waals surface area contributed by atoms with Crippen LogP contribution < -0.4 is 5.32 Å². The third-order valence-electron chi connectivity index (χ3n) is 7.25. The van der Waals surface area contributed by atoms with Gasteiger partial charge in [-0.05, 0) is 55.7 Å². The highest BCUT2D eigenvalue weighted by Gasteiger charge is 2.51. The normalized spacial score (nSPS) is 19.0. The molecule has 2 aromatic heterocycles. The van der Waals surface area contributed by atoms with Crippen molar-refractivity contribution in [1.82, 2.24) is 20.1 Å². The number of ether oxygens (including phenoxy) is 1. The molecule has 0 radical (unpaired) electrons. The Morgan fingerprint density at radius 1 is 1.17 bits per heavy atom. The van der Waals surface area contributed by atoms with Gasteiger partial charge in [0.2, 0.25) is 0 Å². The zero-order chi connectivity index (χ0) is 25.5. The van der Waals surface area contributed by atoms with Gasteiger partial charge in [0.25, 0.3) is 0 Å². The second-order valence-electron chi connectivity index (χ2n) is 9.62. The lowest BCUT2D eigenvalue weighted by molar-refractivity contribution is -0.170. The summed E-state index contributed by atoms with van der Waals surface area (Å²) in [5, 5.41) is 21.3. The van der Waals surface area contributed by atoms with E-state index >= 15 is 0 Å². The maximum Gasteiger partial charge on any atom is 0.310 e. The molecule has 0 unspecified atom stereocenters. The molecule has 2 saturated heterocycles. The van der Waals surface area contributed by atoms with Gasteiger partial charge in [-0.1, -0.05) is 23.2 Å². The number of aliphatic carboxylic acids is 1. The molecule has 2 aliphatic heterocycles. The van der Waals surface area contributed by atoms with Crippen molar-refractivity contribution in [3.63, 3.8) is 0 Å². The van der Waals surface area contributed by atoms with Crippen molar-refractivity contribution in [2.45, 2.75) is 31.7 Å². The highest BCUT2D eigenvalue weighted by atomic mass is 35.5. The molecule has 190 valence electrons. The standard InChI is InChI=1S/C25H26Cl2FN5O3/c1-15-8-22(32-31-15)30-21-3-2-19(28)20(29-21)12-24(23(34)35)4-6-33(7-5-24)25(13-36-14-25)16-9-17(26)11-18(27)10-16/h2-3,8-11H,4-7,12-14H2,1H3,(H,34,35)(H2,29,30,31,32). The second-order valence-corrected chi connectivity index (χ2v) is 10.5. The molecule has 0 aliphatic carbocycles. The molecule has 0 bridgehead atoms. The Kier molecular flexibility index (Phi) is 6.67. The number of aryl methyl sites for hydroxylation is 1. The lowest BCUT2D eigenvalue weighted by Gasteiger charge is -2.53. The first-order valence-corrected chi connectivity index (χ1v) is 12.4. The minimum absolute atomic E-state index is 0.0103. The summed E-state index contributed by atoms with van der Waals surface area (Å²) < 4.78 is 20.4. The molecular weight excluding hydrogens is 508 g/mol. The molecule has 3 aromatic rings. The molecule has 3 N–H and O–H groups in total. The average Bonchev–Trinajstić information content (AvgIpc) is 3.20. The van der Waals surface area contributed by atoms with Crippen LogP contribution >= 0.6 is 23.2 Å². The Hall–Kier alpha value is -2.72. The van der Waals surface area contributed by atoms with Crippen LogP contribution in [0.2, 0.25) is 10.0 Å². The number of benzene rings is 1. The van der Waals surface area contributed by atoms with E-state index in [9.17, 15) is 14.3 Å². The minimum Gasteiger partial charge on any atom is -0.481 e. The summed E-state index contributed by atoms with van der Waals surface area (Å²) in [7, 11) is 0. The van der Waals surface area contributed by atoms with Crippen LogP contribution in [0, 0.1) is 18.2 Å². The Balaban J connectivity index is 1.35. The SMILES string of the molecule is Cc1cc(Nc2ccc(F)c(CC3(C(=O)O)CCN(C4(c5cc(Cl)cc(Cl)c5)COC4)CC3)n2)n[nH]1. The molecule has 4 heterocycles. The van der Waals surface area contributed by atoms with Crippen LogP contribution in [-0.2, 0) is 21.5 Å². The molecular formula is C25H26Cl2FN5O3. The van der Waals surface area contributed by atoms with Gasteiger partial charge < -0.3 is 15.2 Å². The van der Waals surface area contributed by atoms with Crippen LogP contribution in [-0.4, -0.2) is 57.5 Å². The van der Waals surface area contributed by atoms with Crippen molar-refractivity contribution in [3.8, 4) is 0 Å². The number of carboxylic acids is 1. The number of nitrogens with zero attached hydrogens (tertiary/aromatic N) is 3. The Morgan fingerprint density at radius 2 is 1.86 bits per heavy atom. The molecule has 0 saturated carbocycles. The van der Waals surface area contributed by atoms with Crippen molar-refractivity contribution in [1.29, 1.82) is 0 Å². The number of hydrogen-bond acceptors (Lipinski definition) is 6. The van der Waals surface area contributed by atoms with E-state index in [2.05, 4.69) is 25.4 Å². The number of nitrogens with one attached hydrogen (secondary N) is 2. The van der Waals surface area contributed by atoms with E-state index in [-0.39, 0.29) is 12.1 Å². The minimum atomic E-state index is -1.14. The van der Waals surface area contributed by atoms with Gasteiger partial charge in [-0.2, -0.15) is 5.10 Å². The maximum atomic E-state index is 14.8. The van der Waals surface area contributed by atoms with Crippen LogP contribution in [0.4, 0.5) is 16.0 Å². The molecule has 0 amide bonds. The predicted molar refractivity (Wildman–Crippen MR) is 134 cm³/mol. The van der Waals surface area contributed by atoms with Crippen molar-refractivity contribution < 1.29 is 19.0 Å². The van der Waals surface area contributed by atoms with Gasteiger partial charge >= 0.3 is 5.97 Å². The number of likely N-dealkylation sites (tertiary alicyclic amines) is 1. The molecule has 2 fully saturated rings. The number of piperidine rings is 1. The molecule has 1 aromatic carbocycles. The number of carbonyl (C=O) groups is 1. The largest absolute Gasteiger partial charge is 0.481 e. The Bertz CT molecular complexity index is 1270. The van der Waals surface area contributed by atoms with E-state index in [1.165, 1.54) is 12.1 Å². The van der Waals surface area contributed by atoms with Crippen molar-refractivity contribution >= 4 is 40.8 Å². The number of aromatic nitrogens is 3. The summed E-state index contributed by atoms with van der Waals surface area (Å²) in [6.07, 6.45) is 0.676. The average molecular weight is 534 g/mol.